The molecule has 1 aliphatic heterocycles. The van der Waals surface area contributed by atoms with E-state index >= 15 is 0 Å². The van der Waals surface area contributed by atoms with Gasteiger partial charge in [0.1, 0.15) is 11.9 Å². The van der Waals surface area contributed by atoms with Crippen molar-refractivity contribution in [2.24, 2.45) is 16.8 Å². The molecule has 0 bridgehead atoms. The molecule has 0 aromatic carbocycles. The van der Waals surface area contributed by atoms with Crippen molar-refractivity contribution in [3.8, 4) is 0 Å². The minimum Gasteiger partial charge on any atom is -0.370 e. The summed E-state index contributed by atoms with van der Waals surface area (Å²) in [6.45, 7) is 3.04. The Hall–Kier alpha value is -0.610. The Morgan fingerprint density at radius 1 is 1.18 bits per heavy atom. The molecule has 17 heavy (non-hydrogen) atoms. The molecule has 2 aliphatic rings. The van der Waals surface area contributed by atoms with Crippen LogP contribution < -0.4 is 11.3 Å². The SMILES string of the molecule is CC1CCOC1C(=NC1CCCCCC1)NN. The Balaban J connectivity index is 2.00. The van der Waals surface area contributed by atoms with Gasteiger partial charge in [0.05, 0.1) is 6.04 Å². The van der Waals surface area contributed by atoms with Gasteiger partial charge in [0.15, 0.2) is 0 Å². The number of amidine groups is 1. The third-order valence-corrected chi connectivity index (χ3v) is 3.95. The number of nitrogens with two attached hydrogens (primary N) is 1. The summed E-state index contributed by atoms with van der Waals surface area (Å²) >= 11 is 0. The first kappa shape index (κ1) is 12.8. The molecule has 2 atom stereocenters. The van der Waals surface area contributed by atoms with Crippen molar-refractivity contribution >= 4 is 5.84 Å². The van der Waals surface area contributed by atoms with E-state index in [0.717, 1.165) is 18.9 Å². The Labute approximate surface area is 104 Å². The molecular formula is C13H25N3O. The van der Waals surface area contributed by atoms with Crippen molar-refractivity contribution in [3.63, 3.8) is 0 Å². The van der Waals surface area contributed by atoms with E-state index in [4.69, 9.17) is 15.6 Å². The molecule has 1 aliphatic carbocycles. The predicted molar refractivity (Wildman–Crippen MR) is 69.8 cm³/mol. The molecule has 0 aromatic heterocycles. The van der Waals surface area contributed by atoms with Crippen molar-refractivity contribution in [3.05, 3.63) is 0 Å². The number of nitrogens with one attached hydrogen (secondary N) is 1. The largest absolute Gasteiger partial charge is 0.370 e. The first-order valence-electron chi connectivity index (χ1n) is 6.97. The highest BCUT2D eigenvalue weighted by Gasteiger charge is 2.29. The molecule has 2 rings (SSSR count). The van der Waals surface area contributed by atoms with Crippen molar-refractivity contribution in [1.82, 2.24) is 5.43 Å². The fourth-order valence-electron chi connectivity index (χ4n) is 2.82. The molecule has 98 valence electrons. The summed E-state index contributed by atoms with van der Waals surface area (Å²) in [4.78, 5) is 4.80. The molecule has 0 radical (unpaired) electrons. The third-order valence-electron chi connectivity index (χ3n) is 3.95. The molecule has 1 saturated heterocycles. The number of hydrogen-bond acceptors (Lipinski definition) is 3. The fourth-order valence-corrected chi connectivity index (χ4v) is 2.82. The lowest BCUT2D eigenvalue weighted by atomic mass is 10.0. The first-order chi connectivity index (χ1) is 8.31. The van der Waals surface area contributed by atoms with Crippen molar-refractivity contribution < 1.29 is 4.74 Å². The van der Waals surface area contributed by atoms with Gasteiger partial charge in [-0.25, -0.2) is 5.84 Å². The molecule has 0 aromatic rings. The highest BCUT2D eigenvalue weighted by molar-refractivity contribution is 5.86. The van der Waals surface area contributed by atoms with E-state index in [1.165, 1.54) is 38.5 Å². The third kappa shape index (κ3) is 3.42. The maximum atomic E-state index is 5.72. The number of nitrogens with zero attached hydrogens (tertiary/aromatic N) is 1. The van der Waals surface area contributed by atoms with Crippen molar-refractivity contribution in [2.75, 3.05) is 6.61 Å². The van der Waals surface area contributed by atoms with Crippen LogP contribution >= 0.6 is 0 Å². The first-order valence-corrected chi connectivity index (χ1v) is 6.97. The van der Waals surface area contributed by atoms with Gasteiger partial charge in [-0.15, -0.1) is 0 Å². The Morgan fingerprint density at radius 2 is 1.88 bits per heavy atom. The predicted octanol–water partition coefficient (Wildman–Crippen LogP) is 2.00. The van der Waals surface area contributed by atoms with Gasteiger partial charge in [0.25, 0.3) is 0 Å². The van der Waals surface area contributed by atoms with Gasteiger partial charge in [0, 0.05) is 6.61 Å². The van der Waals surface area contributed by atoms with Gasteiger partial charge in [-0.05, 0) is 25.2 Å². The number of rotatable bonds is 2. The van der Waals surface area contributed by atoms with Gasteiger partial charge in [-0.3, -0.25) is 4.99 Å². The maximum Gasteiger partial charge on any atom is 0.141 e. The minimum absolute atomic E-state index is 0.0863. The topological polar surface area (TPSA) is 59.6 Å². The monoisotopic (exact) mass is 239 g/mol. The van der Waals surface area contributed by atoms with Crippen LogP contribution in [0, 0.1) is 5.92 Å². The summed E-state index contributed by atoms with van der Waals surface area (Å²) in [5.74, 6) is 7.00. The Bertz CT molecular complexity index is 259. The summed E-state index contributed by atoms with van der Waals surface area (Å²) < 4.78 is 5.72. The zero-order chi connectivity index (χ0) is 12.1. The highest BCUT2D eigenvalue weighted by atomic mass is 16.5. The van der Waals surface area contributed by atoms with Crippen LogP contribution in [0.5, 0.6) is 0 Å². The average Bonchev–Trinajstić information content (AvgIpc) is 2.62. The van der Waals surface area contributed by atoms with Crippen LogP contribution in [0.25, 0.3) is 0 Å². The summed E-state index contributed by atoms with van der Waals surface area (Å²) in [7, 11) is 0. The van der Waals surface area contributed by atoms with Gasteiger partial charge in [-0.2, -0.15) is 0 Å². The van der Waals surface area contributed by atoms with Gasteiger partial charge in [0.2, 0.25) is 0 Å². The quantitative estimate of drug-likeness (QED) is 0.255. The molecule has 1 saturated carbocycles. The molecule has 2 fully saturated rings. The standard InChI is InChI=1S/C13H25N3O/c1-10-8-9-17-12(10)13(16-14)15-11-6-4-2-3-5-7-11/h10-12H,2-9,14H2,1H3,(H,15,16). The van der Waals surface area contributed by atoms with E-state index in [9.17, 15) is 0 Å². The Kier molecular flexibility index (Phi) is 4.80. The second-order valence-electron chi connectivity index (χ2n) is 5.36. The lowest BCUT2D eigenvalue weighted by Gasteiger charge is -2.19. The van der Waals surface area contributed by atoms with Crippen LogP contribution in [0.2, 0.25) is 0 Å². The molecule has 0 amide bonds. The molecule has 1 heterocycles. The van der Waals surface area contributed by atoms with E-state index < -0.39 is 0 Å². The summed E-state index contributed by atoms with van der Waals surface area (Å²) in [5.41, 5.74) is 2.77. The highest BCUT2D eigenvalue weighted by Crippen LogP contribution is 2.23. The van der Waals surface area contributed by atoms with Crippen LogP contribution in [0.15, 0.2) is 4.99 Å². The van der Waals surface area contributed by atoms with Gasteiger partial charge < -0.3 is 10.2 Å². The lowest BCUT2D eigenvalue weighted by molar-refractivity contribution is 0.141. The second kappa shape index (κ2) is 6.36. The van der Waals surface area contributed by atoms with Crippen LogP contribution in [0.3, 0.4) is 0 Å². The normalized spacial score (nSPS) is 32.5. The molecular weight excluding hydrogens is 214 g/mol. The molecule has 4 nitrogen and oxygen atoms in total. The lowest BCUT2D eigenvalue weighted by Crippen LogP contribution is -2.42. The van der Waals surface area contributed by atoms with E-state index in [0.29, 0.717) is 12.0 Å². The second-order valence-corrected chi connectivity index (χ2v) is 5.36. The van der Waals surface area contributed by atoms with Crippen LogP contribution in [-0.2, 0) is 4.74 Å². The fraction of sp³-hybridized carbons (Fsp3) is 0.923. The van der Waals surface area contributed by atoms with Crippen LogP contribution in [0.1, 0.15) is 51.9 Å². The summed E-state index contributed by atoms with van der Waals surface area (Å²) in [5, 5.41) is 0. The van der Waals surface area contributed by atoms with E-state index in [2.05, 4.69) is 12.3 Å². The zero-order valence-electron chi connectivity index (χ0n) is 10.8. The Morgan fingerprint density at radius 3 is 2.41 bits per heavy atom. The van der Waals surface area contributed by atoms with Crippen LogP contribution in [0.4, 0.5) is 0 Å². The average molecular weight is 239 g/mol. The van der Waals surface area contributed by atoms with E-state index in [1.54, 1.807) is 0 Å². The smallest absolute Gasteiger partial charge is 0.141 e. The van der Waals surface area contributed by atoms with Crippen molar-refractivity contribution in [2.45, 2.75) is 64.0 Å². The number of hydrogen-bond donors (Lipinski definition) is 2. The zero-order valence-corrected chi connectivity index (χ0v) is 10.8. The molecule has 3 N–H and O–H groups in total. The van der Waals surface area contributed by atoms with Gasteiger partial charge in [-0.1, -0.05) is 32.6 Å². The van der Waals surface area contributed by atoms with E-state index in [-0.39, 0.29) is 6.10 Å². The number of aliphatic imine (C=N–C) groups is 1. The molecule has 0 spiro atoms. The number of ether oxygens (including phenoxy) is 1. The maximum absolute atomic E-state index is 5.72. The molecule has 4 heteroatoms. The van der Waals surface area contributed by atoms with Gasteiger partial charge >= 0.3 is 0 Å². The molecule has 2 unspecified atom stereocenters. The van der Waals surface area contributed by atoms with E-state index in [1.807, 2.05) is 0 Å². The number of hydrazine groups is 1. The summed E-state index contributed by atoms with van der Waals surface area (Å²) in [6, 6.07) is 0.444. The minimum atomic E-state index is 0.0863. The van der Waals surface area contributed by atoms with Crippen molar-refractivity contribution in [1.29, 1.82) is 0 Å². The summed E-state index contributed by atoms with van der Waals surface area (Å²) in [6.07, 6.45) is 8.90. The van der Waals surface area contributed by atoms with Crippen LogP contribution in [-0.4, -0.2) is 24.6 Å².